The van der Waals surface area contributed by atoms with E-state index in [2.05, 4.69) is 11.8 Å². The number of β-amino-alcohol motifs (C(OH)–C–C–N with tert-alkyl or cyclic N) is 1. The zero-order valence-corrected chi connectivity index (χ0v) is 7.99. The number of hydrogen-bond acceptors (Lipinski definition) is 3. The summed E-state index contributed by atoms with van der Waals surface area (Å²) in [4.78, 5) is 2.31. The summed E-state index contributed by atoms with van der Waals surface area (Å²) in [6.07, 6.45) is 1.94. The normalized spacial score (nSPS) is 31.2. The fourth-order valence-electron chi connectivity index (χ4n) is 1.86. The molecule has 1 N–H and O–H groups in total. The molecule has 0 amide bonds. The second-order valence-electron chi connectivity index (χ2n) is 3.44. The second-order valence-corrected chi connectivity index (χ2v) is 3.44. The minimum atomic E-state index is -0.119. The van der Waals surface area contributed by atoms with Gasteiger partial charge in [0.15, 0.2) is 0 Å². The summed E-state index contributed by atoms with van der Waals surface area (Å²) in [5, 5.41) is 9.42. The smallest absolute Gasteiger partial charge is 0.0682 e. The molecular weight excluding hydrogens is 154 g/mol. The van der Waals surface area contributed by atoms with Gasteiger partial charge < -0.3 is 9.84 Å². The Morgan fingerprint density at radius 2 is 2.33 bits per heavy atom. The first-order valence-electron chi connectivity index (χ1n) is 4.69. The van der Waals surface area contributed by atoms with Crippen molar-refractivity contribution in [2.45, 2.75) is 31.9 Å². The van der Waals surface area contributed by atoms with Gasteiger partial charge in [0.05, 0.1) is 12.7 Å². The molecule has 72 valence electrons. The topological polar surface area (TPSA) is 32.7 Å². The van der Waals surface area contributed by atoms with Crippen molar-refractivity contribution in [3.8, 4) is 0 Å². The van der Waals surface area contributed by atoms with Crippen LogP contribution in [0, 0.1) is 0 Å². The molecule has 1 saturated heterocycles. The van der Waals surface area contributed by atoms with Crippen LogP contribution in [0.25, 0.3) is 0 Å². The van der Waals surface area contributed by atoms with E-state index in [0.29, 0.717) is 6.04 Å². The summed E-state index contributed by atoms with van der Waals surface area (Å²) in [5.74, 6) is 0. The van der Waals surface area contributed by atoms with Crippen LogP contribution in [0.3, 0.4) is 0 Å². The molecule has 0 radical (unpaired) electrons. The Morgan fingerprint density at radius 1 is 1.58 bits per heavy atom. The van der Waals surface area contributed by atoms with Crippen LogP contribution in [-0.2, 0) is 4.74 Å². The molecule has 1 fully saturated rings. The van der Waals surface area contributed by atoms with Gasteiger partial charge in [0.25, 0.3) is 0 Å². The van der Waals surface area contributed by atoms with Crippen LogP contribution in [0.5, 0.6) is 0 Å². The maximum absolute atomic E-state index is 9.42. The summed E-state index contributed by atoms with van der Waals surface area (Å²) in [7, 11) is 1.72. The first kappa shape index (κ1) is 9.96. The fraction of sp³-hybridized carbons (Fsp3) is 1.00. The van der Waals surface area contributed by atoms with E-state index in [1.54, 1.807) is 7.11 Å². The number of aliphatic hydroxyl groups is 1. The molecule has 0 unspecified atom stereocenters. The molecule has 0 bridgehead atoms. The number of likely N-dealkylation sites (tertiary alicyclic amines) is 1. The van der Waals surface area contributed by atoms with E-state index < -0.39 is 0 Å². The van der Waals surface area contributed by atoms with E-state index in [1.807, 2.05) is 0 Å². The molecule has 2 atom stereocenters. The van der Waals surface area contributed by atoms with Gasteiger partial charge >= 0.3 is 0 Å². The third-order valence-corrected chi connectivity index (χ3v) is 2.56. The number of aliphatic hydroxyl groups excluding tert-OH is 1. The predicted molar refractivity (Wildman–Crippen MR) is 48.2 cm³/mol. The van der Waals surface area contributed by atoms with Gasteiger partial charge in [-0.2, -0.15) is 0 Å². The van der Waals surface area contributed by atoms with Gasteiger partial charge in [-0.15, -0.1) is 0 Å². The second kappa shape index (κ2) is 4.80. The summed E-state index contributed by atoms with van der Waals surface area (Å²) in [6.45, 7) is 4.71. The Labute approximate surface area is 74.3 Å². The minimum Gasteiger partial charge on any atom is -0.392 e. The molecular formula is C9H19NO2. The lowest BCUT2D eigenvalue weighted by atomic mass is 10.1. The monoisotopic (exact) mass is 173 g/mol. The van der Waals surface area contributed by atoms with Crippen molar-refractivity contribution >= 4 is 0 Å². The molecule has 1 rings (SSSR count). The number of nitrogens with zero attached hydrogens (tertiary/aromatic N) is 1. The maximum atomic E-state index is 9.42. The minimum absolute atomic E-state index is 0.119. The van der Waals surface area contributed by atoms with Gasteiger partial charge in [0, 0.05) is 26.2 Å². The Hall–Kier alpha value is -0.120. The summed E-state index contributed by atoms with van der Waals surface area (Å²) in [6, 6.07) is 0.565. The van der Waals surface area contributed by atoms with Crippen molar-refractivity contribution < 1.29 is 9.84 Å². The van der Waals surface area contributed by atoms with Gasteiger partial charge in [0.1, 0.15) is 0 Å². The van der Waals surface area contributed by atoms with Gasteiger partial charge in [-0.25, -0.2) is 0 Å². The van der Waals surface area contributed by atoms with Crippen molar-refractivity contribution in [3.05, 3.63) is 0 Å². The molecule has 3 heteroatoms. The number of hydrogen-bond donors (Lipinski definition) is 1. The highest BCUT2D eigenvalue weighted by atomic mass is 16.5. The molecule has 0 aromatic carbocycles. The molecule has 1 heterocycles. The van der Waals surface area contributed by atoms with Crippen LogP contribution >= 0.6 is 0 Å². The fourth-order valence-corrected chi connectivity index (χ4v) is 1.86. The quantitative estimate of drug-likeness (QED) is 0.671. The van der Waals surface area contributed by atoms with Crippen LogP contribution in [-0.4, -0.2) is 49.0 Å². The molecule has 0 spiro atoms. The zero-order valence-electron chi connectivity index (χ0n) is 7.99. The zero-order chi connectivity index (χ0) is 8.97. The molecule has 0 saturated carbocycles. The Balaban J connectivity index is 2.30. The van der Waals surface area contributed by atoms with Crippen molar-refractivity contribution in [2.75, 3.05) is 26.8 Å². The Bertz CT molecular complexity index is 130. The van der Waals surface area contributed by atoms with Crippen LogP contribution in [0.4, 0.5) is 0 Å². The first-order valence-corrected chi connectivity index (χ1v) is 4.69. The van der Waals surface area contributed by atoms with E-state index in [-0.39, 0.29) is 6.10 Å². The maximum Gasteiger partial charge on any atom is 0.0682 e. The van der Waals surface area contributed by atoms with Crippen LogP contribution in [0.15, 0.2) is 0 Å². The number of ether oxygens (including phenoxy) is 1. The molecule has 12 heavy (non-hydrogen) atoms. The van der Waals surface area contributed by atoms with Crippen LogP contribution in [0.1, 0.15) is 19.8 Å². The first-order chi connectivity index (χ1) is 5.77. The molecule has 1 aliphatic heterocycles. The highest BCUT2D eigenvalue weighted by Gasteiger charge is 2.28. The molecule has 0 aliphatic carbocycles. The average molecular weight is 173 g/mol. The van der Waals surface area contributed by atoms with E-state index in [4.69, 9.17) is 4.74 Å². The van der Waals surface area contributed by atoms with Gasteiger partial charge in [-0.3, -0.25) is 4.90 Å². The standard InChI is InChI=1S/C9H19NO2/c1-3-8-6-9(11)7-10(8)4-5-12-2/h8-9,11H,3-7H2,1-2H3/t8-,9-/m1/s1. The van der Waals surface area contributed by atoms with E-state index in [1.165, 1.54) is 0 Å². The number of methoxy groups -OCH3 is 1. The number of rotatable bonds is 4. The third kappa shape index (κ3) is 2.44. The van der Waals surface area contributed by atoms with Crippen LogP contribution < -0.4 is 0 Å². The molecule has 0 aromatic rings. The molecule has 1 aliphatic rings. The van der Waals surface area contributed by atoms with Crippen LogP contribution in [0.2, 0.25) is 0 Å². The van der Waals surface area contributed by atoms with Crippen molar-refractivity contribution in [1.29, 1.82) is 0 Å². The van der Waals surface area contributed by atoms with Gasteiger partial charge in [-0.05, 0) is 12.8 Å². The SMILES string of the molecule is CC[C@@H]1C[C@@H](O)CN1CCOC. The van der Waals surface area contributed by atoms with Crippen molar-refractivity contribution in [1.82, 2.24) is 4.90 Å². The van der Waals surface area contributed by atoms with E-state index in [9.17, 15) is 5.11 Å². The lowest BCUT2D eigenvalue weighted by Crippen LogP contribution is -2.32. The van der Waals surface area contributed by atoms with Crippen molar-refractivity contribution in [2.24, 2.45) is 0 Å². The van der Waals surface area contributed by atoms with Gasteiger partial charge in [0.2, 0.25) is 0 Å². The van der Waals surface area contributed by atoms with Crippen molar-refractivity contribution in [3.63, 3.8) is 0 Å². The van der Waals surface area contributed by atoms with E-state index in [0.717, 1.165) is 32.5 Å². The molecule has 0 aromatic heterocycles. The Kier molecular flexibility index (Phi) is 3.98. The predicted octanol–water partition coefficient (Wildman–Crippen LogP) is 0.478. The lowest BCUT2D eigenvalue weighted by Gasteiger charge is -2.21. The van der Waals surface area contributed by atoms with Gasteiger partial charge in [-0.1, -0.05) is 6.92 Å². The highest BCUT2D eigenvalue weighted by Crippen LogP contribution is 2.19. The molecule has 3 nitrogen and oxygen atoms in total. The summed E-state index contributed by atoms with van der Waals surface area (Å²) >= 11 is 0. The average Bonchev–Trinajstić information content (AvgIpc) is 2.42. The van der Waals surface area contributed by atoms with E-state index >= 15 is 0 Å². The summed E-state index contributed by atoms with van der Waals surface area (Å²) in [5.41, 5.74) is 0. The highest BCUT2D eigenvalue weighted by molar-refractivity contribution is 4.83. The largest absolute Gasteiger partial charge is 0.392 e. The third-order valence-electron chi connectivity index (χ3n) is 2.56. The Morgan fingerprint density at radius 3 is 2.92 bits per heavy atom. The summed E-state index contributed by atoms with van der Waals surface area (Å²) < 4.78 is 5.01. The lowest BCUT2D eigenvalue weighted by molar-refractivity contribution is 0.129.